The summed E-state index contributed by atoms with van der Waals surface area (Å²) in [5, 5.41) is 1.15. The average Bonchev–Trinajstić information content (AvgIpc) is 3.09. The summed E-state index contributed by atoms with van der Waals surface area (Å²) < 4.78 is 5.31. The zero-order valence-electron chi connectivity index (χ0n) is 16.5. The highest BCUT2D eigenvalue weighted by Gasteiger charge is 2.28. The lowest BCUT2D eigenvalue weighted by Gasteiger charge is -2.32. The molecule has 1 heterocycles. The molecule has 0 spiro atoms. The van der Waals surface area contributed by atoms with Gasteiger partial charge in [-0.3, -0.25) is 4.79 Å². The summed E-state index contributed by atoms with van der Waals surface area (Å²) in [6.07, 6.45) is 2.58. The van der Waals surface area contributed by atoms with Crippen LogP contribution in [0.1, 0.15) is 44.4 Å². The lowest BCUT2D eigenvalue weighted by molar-refractivity contribution is -0.133. The number of rotatable bonds is 7. The average molecular weight is 364 g/mol. The van der Waals surface area contributed by atoms with Crippen LogP contribution in [0.15, 0.2) is 54.7 Å². The molecule has 0 aliphatic heterocycles. The third-order valence-corrected chi connectivity index (χ3v) is 4.90. The Morgan fingerprint density at radius 1 is 1.11 bits per heavy atom. The summed E-state index contributed by atoms with van der Waals surface area (Å²) in [6.45, 7) is 6.87. The predicted molar refractivity (Wildman–Crippen MR) is 110 cm³/mol. The number of nitrogens with zero attached hydrogens (tertiary/aromatic N) is 1. The molecule has 4 nitrogen and oxygen atoms in total. The van der Waals surface area contributed by atoms with Crippen LogP contribution < -0.4 is 4.74 Å². The second-order valence-corrected chi connectivity index (χ2v) is 7.24. The molecule has 1 amide bonds. The number of ether oxygens (including phenoxy) is 1. The molecule has 0 radical (unpaired) electrons. The van der Waals surface area contributed by atoms with Gasteiger partial charge in [-0.25, -0.2) is 0 Å². The minimum atomic E-state index is -0.136. The smallest absolute Gasteiger partial charge is 0.223 e. The minimum absolute atomic E-state index is 0.136. The van der Waals surface area contributed by atoms with Crippen LogP contribution in [0.2, 0.25) is 0 Å². The van der Waals surface area contributed by atoms with Gasteiger partial charge < -0.3 is 14.6 Å². The van der Waals surface area contributed by atoms with Crippen molar-refractivity contribution >= 4 is 16.8 Å². The molecule has 0 fully saturated rings. The molecule has 142 valence electrons. The van der Waals surface area contributed by atoms with Crippen LogP contribution in [-0.4, -0.2) is 29.4 Å². The number of aromatic amines is 1. The number of nitrogens with one attached hydrogen (secondary N) is 1. The van der Waals surface area contributed by atoms with Crippen LogP contribution in [0.4, 0.5) is 0 Å². The molecule has 0 saturated carbocycles. The van der Waals surface area contributed by atoms with Crippen molar-refractivity contribution in [1.82, 2.24) is 9.88 Å². The maximum atomic E-state index is 13.0. The van der Waals surface area contributed by atoms with E-state index < -0.39 is 0 Å². The van der Waals surface area contributed by atoms with Crippen molar-refractivity contribution in [3.05, 3.63) is 65.9 Å². The molecule has 1 unspecified atom stereocenters. The van der Waals surface area contributed by atoms with Crippen LogP contribution in [0, 0.1) is 5.92 Å². The Morgan fingerprint density at radius 2 is 1.81 bits per heavy atom. The SMILES string of the molecule is CCN(C(=O)CC(C)C)C(c1ccc(OC)cc1)c1c[nH]c2ccccc12. The van der Waals surface area contributed by atoms with Gasteiger partial charge >= 0.3 is 0 Å². The molecule has 3 aromatic rings. The Bertz CT molecular complexity index is 896. The Balaban J connectivity index is 2.11. The number of fused-ring (bicyclic) bond motifs is 1. The van der Waals surface area contributed by atoms with Crippen LogP contribution in [0.3, 0.4) is 0 Å². The summed E-state index contributed by atoms with van der Waals surface area (Å²) in [7, 11) is 1.66. The Kier molecular flexibility index (Phi) is 5.84. The molecule has 0 aliphatic carbocycles. The van der Waals surface area contributed by atoms with E-state index in [-0.39, 0.29) is 11.9 Å². The molecular weight excluding hydrogens is 336 g/mol. The first-order chi connectivity index (χ1) is 13.0. The van der Waals surface area contributed by atoms with Crippen LogP contribution in [0.5, 0.6) is 5.75 Å². The standard InChI is InChI=1S/C23H28N2O2/c1-5-25(22(26)14-16(2)3)23(17-10-12-18(27-4)13-11-17)20-15-24-21-9-7-6-8-19(20)21/h6-13,15-16,23-24H,5,14H2,1-4H3. The maximum absolute atomic E-state index is 13.0. The van der Waals surface area contributed by atoms with E-state index in [2.05, 4.69) is 43.1 Å². The number of aromatic nitrogens is 1. The number of carbonyl (C=O) groups is 1. The molecule has 1 aromatic heterocycles. The molecule has 1 atom stereocenters. The van der Waals surface area contributed by atoms with Gasteiger partial charge in [-0.05, 0) is 36.6 Å². The third kappa shape index (κ3) is 4.00. The van der Waals surface area contributed by atoms with Gasteiger partial charge in [0.25, 0.3) is 0 Å². The van der Waals surface area contributed by atoms with Gasteiger partial charge in [-0.1, -0.05) is 44.2 Å². The fourth-order valence-electron chi connectivity index (χ4n) is 3.60. The van der Waals surface area contributed by atoms with Crippen molar-refractivity contribution < 1.29 is 9.53 Å². The quantitative estimate of drug-likeness (QED) is 0.629. The topological polar surface area (TPSA) is 45.3 Å². The van der Waals surface area contributed by atoms with E-state index in [1.807, 2.05) is 42.3 Å². The highest BCUT2D eigenvalue weighted by molar-refractivity contribution is 5.85. The summed E-state index contributed by atoms with van der Waals surface area (Å²) in [6, 6.07) is 16.1. The van der Waals surface area contributed by atoms with Gasteiger partial charge in [0.2, 0.25) is 5.91 Å². The van der Waals surface area contributed by atoms with Gasteiger partial charge in [0, 0.05) is 35.6 Å². The van der Waals surface area contributed by atoms with Crippen LogP contribution in [-0.2, 0) is 4.79 Å². The maximum Gasteiger partial charge on any atom is 0.223 e. The Morgan fingerprint density at radius 3 is 2.44 bits per heavy atom. The summed E-state index contributed by atoms with van der Waals surface area (Å²) >= 11 is 0. The van der Waals surface area contributed by atoms with E-state index in [9.17, 15) is 4.79 Å². The summed E-state index contributed by atoms with van der Waals surface area (Å²) in [5.74, 6) is 1.32. The van der Waals surface area contributed by atoms with E-state index in [4.69, 9.17) is 4.74 Å². The molecule has 4 heteroatoms. The molecule has 2 aromatic carbocycles. The Hall–Kier alpha value is -2.75. The number of H-pyrrole nitrogens is 1. The zero-order valence-corrected chi connectivity index (χ0v) is 16.5. The minimum Gasteiger partial charge on any atom is -0.497 e. The molecule has 1 N–H and O–H groups in total. The van der Waals surface area contributed by atoms with E-state index >= 15 is 0 Å². The van der Waals surface area contributed by atoms with Crippen molar-refractivity contribution in [3.63, 3.8) is 0 Å². The number of carbonyl (C=O) groups excluding carboxylic acids is 1. The number of benzene rings is 2. The van der Waals surface area contributed by atoms with Crippen molar-refractivity contribution in [3.8, 4) is 5.75 Å². The van der Waals surface area contributed by atoms with Gasteiger partial charge in [0.05, 0.1) is 13.2 Å². The number of methoxy groups -OCH3 is 1. The molecule has 0 saturated heterocycles. The zero-order chi connectivity index (χ0) is 19.4. The first kappa shape index (κ1) is 19.0. The number of hydrogen-bond donors (Lipinski definition) is 1. The lowest BCUT2D eigenvalue weighted by Crippen LogP contribution is -2.36. The molecule has 27 heavy (non-hydrogen) atoms. The van der Waals surface area contributed by atoms with E-state index in [1.165, 1.54) is 0 Å². The molecule has 0 bridgehead atoms. The third-order valence-electron chi connectivity index (χ3n) is 4.90. The largest absolute Gasteiger partial charge is 0.497 e. The number of amides is 1. The molecule has 0 aliphatic rings. The second kappa shape index (κ2) is 8.30. The number of para-hydroxylation sites is 1. The fraction of sp³-hybridized carbons (Fsp3) is 0.348. The summed E-state index contributed by atoms with van der Waals surface area (Å²) in [5.41, 5.74) is 3.28. The van der Waals surface area contributed by atoms with Crippen molar-refractivity contribution in [2.45, 2.75) is 33.2 Å². The van der Waals surface area contributed by atoms with E-state index in [1.54, 1.807) is 7.11 Å². The predicted octanol–water partition coefficient (Wildman–Crippen LogP) is 5.16. The van der Waals surface area contributed by atoms with Crippen LogP contribution >= 0.6 is 0 Å². The first-order valence-electron chi connectivity index (χ1n) is 9.54. The number of hydrogen-bond acceptors (Lipinski definition) is 2. The van der Waals surface area contributed by atoms with Gasteiger partial charge in [-0.15, -0.1) is 0 Å². The van der Waals surface area contributed by atoms with Crippen LogP contribution in [0.25, 0.3) is 10.9 Å². The monoisotopic (exact) mass is 364 g/mol. The summed E-state index contributed by atoms with van der Waals surface area (Å²) in [4.78, 5) is 18.4. The first-order valence-corrected chi connectivity index (χ1v) is 9.54. The second-order valence-electron chi connectivity index (χ2n) is 7.24. The Labute approximate surface area is 161 Å². The molecular formula is C23H28N2O2. The fourth-order valence-corrected chi connectivity index (χ4v) is 3.60. The highest BCUT2D eigenvalue weighted by Crippen LogP contribution is 2.35. The lowest BCUT2D eigenvalue weighted by atomic mass is 9.95. The molecule has 3 rings (SSSR count). The van der Waals surface area contributed by atoms with Gasteiger partial charge in [0.15, 0.2) is 0 Å². The van der Waals surface area contributed by atoms with Gasteiger partial charge in [-0.2, -0.15) is 0 Å². The van der Waals surface area contributed by atoms with Crippen molar-refractivity contribution in [1.29, 1.82) is 0 Å². The van der Waals surface area contributed by atoms with E-state index in [0.29, 0.717) is 18.9 Å². The van der Waals surface area contributed by atoms with Crippen molar-refractivity contribution in [2.75, 3.05) is 13.7 Å². The normalized spacial score (nSPS) is 12.3. The van der Waals surface area contributed by atoms with Crippen molar-refractivity contribution in [2.24, 2.45) is 5.92 Å². The van der Waals surface area contributed by atoms with Gasteiger partial charge in [0.1, 0.15) is 5.75 Å². The van der Waals surface area contributed by atoms with E-state index in [0.717, 1.165) is 27.8 Å². The highest BCUT2D eigenvalue weighted by atomic mass is 16.5.